The smallest absolute Gasteiger partial charge is 0.322 e. The lowest BCUT2D eigenvalue weighted by Gasteiger charge is -2.08. The fraction of sp³-hybridized carbons (Fsp3) is 0.222. The number of carboxylic acids is 1. The van der Waals surface area contributed by atoms with E-state index >= 15 is 0 Å². The number of nitrogens with one attached hydrogen (secondary N) is 1. The zero-order valence-electron chi connectivity index (χ0n) is 7.46. The van der Waals surface area contributed by atoms with E-state index in [9.17, 15) is 9.18 Å². The first-order valence-electron chi connectivity index (χ1n) is 4.07. The van der Waals surface area contributed by atoms with Crippen LogP contribution in [0.3, 0.4) is 0 Å². The molecule has 4 nitrogen and oxygen atoms in total. The summed E-state index contributed by atoms with van der Waals surface area (Å²) >= 11 is 0. The number of rotatable bonds is 4. The highest BCUT2D eigenvalue weighted by molar-refractivity contribution is 5.73. The van der Waals surface area contributed by atoms with Gasteiger partial charge in [0.1, 0.15) is 12.4 Å². The first-order valence-corrected chi connectivity index (χ1v) is 4.07. The Bertz CT molecular complexity index is 342. The monoisotopic (exact) mass is 198 g/mol. The number of hydrogen-bond donors (Lipinski definition) is 3. The van der Waals surface area contributed by atoms with Gasteiger partial charge in [-0.2, -0.15) is 0 Å². The van der Waals surface area contributed by atoms with Crippen molar-refractivity contribution < 1.29 is 14.3 Å². The van der Waals surface area contributed by atoms with Crippen LogP contribution >= 0.6 is 0 Å². The third-order valence-corrected chi connectivity index (χ3v) is 1.72. The molecule has 0 fully saturated rings. The minimum Gasteiger partial charge on any atom is -0.480 e. The number of nitrogens with two attached hydrogens (primary N) is 1. The highest BCUT2D eigenvalue weighted by Gasteiger charge is 2.03. The van der Waals surface area contributed by atoms with Gasteiger partial charge in [-0.1, -0.05) is 0 Å². The Morgan fingerprint density at radius 3 is 2.86 bits per heavy atom. The van der Waals surface area contributed by atoms with E-state index in [4.69, 9.17) is 10.8 Å². The molecular formula is C9H11FN2O2. The molecule has 0 radical (unpaired) electrons. The lowest BCUT2D eigenvalue weighted by atomic mass is 10.1. The van der Waals surface area contributed by atoms with Gasteiger partial charge in [0.15, 0.2) is 0 Å². The summed E-state index contributed by atoms with van der Waals surface area (Å²) in [6.45, 7) is -0.0433. The number of halogens is 1. The minimum atomic E-state index is -0.975. The number of carbonyl (C=O) groups is 1. The average molecular weight is 198 g/mol. The molecule has 0 aliphatic rings. The Hall–Kier alpha value is -1.62. The van der Waals surface area contributed by atoms with Crippen molar-refractivity contribution in [2.24, 2.45) is 5.73 Å². The largest absolute Gasteiger partial charge is 0.480 e. The Morgan fingerprint density at radius 2 is 2.29 bits per heavy atom. The molecule has 76 valence electrons. The SMILES string of the molecule is NCc1cc(F)ccc1NCC(=O)O. The van der Waals surface area contributed by atoms with Crippen LogP contribution in [0.4, 0.5) is 10.1 Å². The number of benzene rings is 1. The predicted molar refractivity (Wildman–Crippen MR) is 50.4 cm³/mol. The van der Waals surface area contributed by atoms with E-state index in [0.717, 1.165) is 0 Å². The molecule has 0 heterocycles. The number of anilines is 1. The summed E-state index contributed by atoms with van der Waals surface area (Å²) in [5.74, 6) is -1.36. The maximum atomic E-state index is 12.7. The van der Waals surface area contributed by atoms with Crippen molar-refractivity contribution in [1.82, 2.24) is 0 Å². The molecule has 0 aromatic heterocycles. The van der Waals surface area contributed by atoms with E-state index in [1.807, 2.05) is 0 Å². The first kappa shape index (κ1) is 10.5. The van der Waals surface area contributed by atoms with Crippen LogP contribution in [0.15, 0.2) is 18.2 Å². The molecule has 14 heavy (non-hydrogen) atoms. The Balaban J connectivity index is 2.80. The van der Waals surface area contributed by atoms with Crippen molar-refractivity contribution in [3.8, 4) is 0 Å². The summed E-state index contributed by atoms with van der Waals surface area (Å²) in [6, 6.07) is 4.01. The lowest BCUT2D eigenvalue weighted by Crippen LogP contribution is -2.14. The summed E-state index contributed by atoms with van der Waals surface area (Å²) < 4.78 is 12.7. The summed E-state index contributed by atoms with van der Waals surface area (Å²) in [7, 11) is 0. The van der Waals surface area contributed by atoms with Crippen molar-refractivity contribution >= 4 is 11.7 Å². The topological polar surface area (TPSA) is 75.3 Å². The van der Waals surface area contributed by atoms with E-state index in [1.165, 1.54) is 18.2 Å². The molecule has 5 heteroatoms. The predicted octanol–water partition coefficient (Wildman–Crippen LogP) is 0.781. The normalized spacial score (nSPS) is 9.86. The molecule has 0 bridgehead atoms. The molecule has 0 atom stereocenters. The van der Waals surface area contributed by atoms with E-state index in [2.05, 4.69) is 5.32 Å². The van der Waals surface area contributed by atoms with Crippen molar-refractivity contribution in [2.75, 3.05) is 11.9 Å². The number of hydrogen-bond acceptors (Lipinski definition) is 3. The lowest BCUT2D eigenvalue weighted by molar-refractivity contribution is -0.134. The van der Waals surface area contributed by atoms with Crippen LogP contribution in [-0.2, 0) is 11.3 Å². The molecule has 0 aliphatic heterocycles. The van der Waals surface area contributed by atoms with Gasteiger partial charge in [-0.15, -0.1) is 0 Å². The summed E-state index contributed by atoms with van der Waals surface area (Å²) in [6.07, 6.45) is 0. The van der Waals surface area contributed by atoms with Gasteiger partial charge in [-0.3, -0.25) is 4.79 Å². The third kappa shape index (κ3) is 2.70. The van der Waals surface area contributed by atoms with Crippen LogP contribution in [0.25, 0.3) is 0 Å². The van der Waals surface area contributed by atoms with E-state index < -0.39 is 5.97 Å². The summed E-state index contributed by atoms with van der Waals surface area (Å²) in [5.41, 5.74) is 6.49. The Labute approximate surface area is 80.5 Å². The average Bonchev–Trinajstić information content (AvgIpc) is 2.15. The van der Waals surface area contributed by atoms with Crippen molar-refractivity contribution in [3.63, 3.8) is 0 Å². The first-order chi connectivity index (χ1) is 6.63. The molecular weight excluding hydrogens is 187 g/mol. The molecule has 0 aliphatic carbocycles. The Morgan fingerprint density at radius 1 is 1.57 bits per heavy atom. The van der Waals surface area contributed by atoms with Gasteiger partial charge in [0, 0.05) is 12.2 Å². The van der Waals surface area contributed by atoms with Crippen LogP contribution in [-0.4, -0.2) is 17.6 Å². The van der Waals surface area contributed by atoms with Gasteiger partial charge in [-0.05, 0) is 23.8 Å². The quantitative estimate of drug-likeness (QED) is 0.668. The van der Waals surface area contributed by atoms with Gasteiger partial charge in [0.05, 0.1) is 0 Å². The maximum Gasteiger partial charge on any atom is 0.322 e. The minimum absolute atomic E-state index is 0.166. The summed E-state index contributed by atoms with van der Waals surface area (Å²) in [5, 5.41) is 11.1. The second-order valence-electron chi connectivity index (χ2n) is 2.75. The van der Waals surface area contributed by atoms with Crippen LogP contribution in [0.2, 0.25) is 0 Å². The molecule has 0 spiro atoms. The van der Waals surface area contributed by atoms with Crippen molar-refractivity contribution in [3.05, 3.63) is 29.6 Å². The molecule has 4 N–H and O–H groups in total. The van der Waals surface area contributed by atoms with Crippen molar-refractivity contribution in [2.45, 2.75) is 6.54 Å². The second kappa shape index (κ2) is 4.57. The highest BCUT2D eigenvalue weighted by atomic mass is 19.1. The molecule has 0 unspecified atom stereocenters. The molecule has 0 saturated heterocycles. The second-order valence-corrected chi connectivity index (χ2v) is 2.75. The van der Waals surface area contributed by atoms with Gasteiger partial charge in [-0.25, -0.2) is 4.39 Å². The van der Waals surface area contributed by atoms with Crippen LogP contribution in [0, 0.1) is 5.82 Å². The number of aliphatic carboxylic acids is 1. The van der Waals surface area contributed by atoms with E-state index in [0.29, 0.717) is 11.3 Å². The molecule has 1 aromatic carbocycles. The van der Waals surface area contributed by atoms with Crippen LogP contribution in [0.5, 0.6) is 0 Å². The number of carboxylic acid groups (broad SMARTS) is 1. The van der Waals surface area contributed by atoms with E-state index in [-0.39, 0.29) is 18.9 Å². The van der Waals surface area contributed by atoms with Crippen LogP contribution < -0.4 is 11.1 Å². The zero-order chi connectivity index (χ0) is 10.6. The third-order valence-electron chi connectivity index (χ3n) is 1.72. The van der Waals surface area contributed by atoms with Gasteiger partial charge < -0.3 is 16.2 Å². The zero-order valence-corrected chi connectivity index (χ0v) is 7.46. The van der Waals surface area contributed by atoms with Gasteiger partial charge >= 0.3 is 5.97 Å². The van der Waals surface area contributed by atoms with Gasteiger partial charge in [0.2, 0.25) is 0 Å². The molecule has 0 amide bonds. The maximum absolute atomic E-state index is 12.7. The standard InChI is InChI=1S/C9H11FN2O2/c10-7-1-2-8(6(3-7)4-11)12-5-9(13)14/h1-3,12H,4-5,11H2,(H,13,14). The molecule has 0 saturated carbocycles. The fourth-order valence-electron chi connectivity index (χ4n) is 1.07. The summed E-state index contributed by atoms with van der Waals surface area (Å²) in [4.78, 5) is 10.3. The fourth-order valence-corrected chi connectivity index (χ4v) is 1.07. The van der Waals surface area contributed by atoms with E-state index in [1.54, 1.807) is 0 Å². The van der Waals surface area contributed by atoms with Crippen LogP contribution in [0.1, 0.15) is 5.56 Å². The highest BCUT2D eigenvalue weighted by Crippen LogP contribution is 2.15. The van der Waals surface area contributed by atoms with Crippen molar-refractivity contribution in [1.29, 1.82) is 0 Å². The Kier molecular flexibility index (Phi) is 3.41. The van der Waals surface area contributed by atoms with Gasteiger partial charge in [0.25, 0.3) is 0 Å². The molecule has 1 rings (SSSR count). The molecule has 1 aromatic rings.